The maximum Gasteiger partial charge on any atom is 0.222 e. The number of rotatable bonds is 4. The summed E-state index contributed by atoms with van der Waals surface area (Å²) in [5.41, 5.74) is 2.11. The highest BCUT2D eigenvalue weighted by Gasteiger charge is 2.31. The highest BCUT2D eigenvalue weighted by atomic mass is 35.5. The van der Waals surface area contributed by atoms with Crippen molar-refractivity contribution in [1.82, 2.24) is 14.8 Å². The van der Waals surface area contributed by atoms with Gasteiger partial charge in [-0.15, -0.1) is 0 Å². The Labute approximate surface area is 161 Å². The third kappa shape index (κ3) is 3.13. The molecule has 0 saturated heterocycles. The average Bonchev–Trinajstić information content (AvgIpc) is 3.12. The van der Waals surface area contributed by atoms with Crippen molar-refractivity contribution in [3.63, 3.8) is 0 Å². The lowest BCUT2D eigenvalue weighted by atomic mass is 9.93. The van der Waals surface area contributed by atoms with E-state index >= 15 is 0 Å². The maximum atomic E-state index is 6.45. The third-order valence-corrected chi connectivity index (χ3v) is 5.19. The molecular formula is C19H18Cl2N4O. The summed E-state index contributed by atoms with van der Waals surface area (Å²) in [5, 5.41) is 9.15. The molecule has 0 radical (unpaired) electrons. The van der Waals surface area contributed by atoms with Gasteiger partial charge in [-0.2, -0.15) is 10.1 Å². The highest BCUT2D eigenvalue weighted by Crippen LogP contribution is 2.40. The first-order valence-electron chi connectivity index (χ1n) is 8.50. The zero-order valence-electron chi connectivity index (χ0n) is 14.2. The van der Waals surface area contributed by atoms with E-state index in [-0.39, 0.29) is 12.1 Å². The molecule has 2 heterocycles. The zero-order valence-corrected chi connectivity index (χ0v) is 15.7. The second kappa shape index (κ2) is 7.17. The predicted octanol–water partition coefficient (Wildman–Crippen LogP) is 5.13. The van der Waals surface area contributed by atoms with Crippen molar-refractivity contribution in [2.24, 2.45) is 0 Å². The van der Waals surface area contributed by atoms with Crippen LogP contribution in [-0.2, 0) is 0 Å². The minimum absolute atomic E-state index is 0.00204. The van der Waals surface area contributed by atoms with E-state index in [1.807, 2.05) is 54.1 Å². The van der Waals surface area contributed by atoms with E-state index in [9.17, 15) is 0 Å². The Morgan fingerprint density at radius 3 is 2.81 bits per heavy atom. The topological polar surface area (TPSA) is 52.0 Å². The number of nitrogens with one attached hydrogen (secondary N) is 1. The second-order valence-electron chi connectivity index (χ2n) is 6.12. The van der Waals surface area contributed by atoms with E-state index in [1.54, 1.807) is 6.33 Å². The number of hydrogen-bond acceptors (Lipinski definition) is 4. The van der Waals surface area contributed by atoms with Gasteiger partial charge in [-0.05, 0) is 42.7 Å². The summed E-state index contributed by atoms with van der Waals surface area (Å²) < 4.78 is 7.42. The van der Waals surface area contributed by atoms with Crippen molar-refractivity contribution < 1.29 is 4.74 Å². The summed E-state index contributed by atoms with van der Waals surface area (Å²) in [6.45, 7) is 2.52. The lowest BCUT2D eigenvalue weighted by molar-refractivity contribution is 0.340. The fourth-order valence-corrected chi connectivity index (χ4v) is 3.85. The van der Waals surface area contributed by atoms with E-state index in [0.29, 0.717) is 17.4 Å². The Balaban J connectivity index is 1.70. The third-order valence-electron chi connectivity index (χ3n) is 4.55. The van der Waals surface area contributed by atoms with Crippen LogP contribution in [0.1, 0.15) is 36.6 Å². The van der Waals surface area contributed by atoms with Gasteiger partial charge in [0.15, 0.2) is 0 Å². The molecule has 1 aromatic heterocycles. The summed E-state index contributed by atoms with van der Waals surface area (Å²) >= 11 is 12.8. The first-order valence-corrected chi connectivity index (χ1v) is 9.25. The van der Waals surface area contributed by atoms with Crippen LogP contribution in [0.4, 0.5) is 5.95 Å². The van der Waals surface area contributed by atoms with Crippen molar-refractivity contribution in [2.75, 3.05) is 11.9 Å². The molecule has 7 heteroatoms. The van der Waals surface area contributed by atoms with Crippen LogP contribution in [0.3, 0.4) is 0 Å². The van der Waals surface area contributed by atoms with Crippen LogP contribution in [-0.4, -0.2) is 21.4 Å². The molecular weight excluding hydrogens is 371 g/mol. The van der Waals surface area contributed by atoms with Gasteiger partial charge in [-0.3, -0.25) is 0 Å². The van der Waals surface area contributed by atoms with Crippen molar-refractivity contribution in [1.29, 1.82) is 0 Å². The minimum atomic E-state index is -0.00204. The molecule has 0 unspecified atom stereocenters. The fraction of sp³-hybridized carbons (Fsp3) is 0.263. The normalized spacial score (nSPS) is 18.9. The summed E-state index contributed by atoms with van der Waals surface area (Å²) in [7, 11) is 0. The molecule has 3 aromatic rings. The SMILES string of the molecule is CCOc1ccc([C@@H]2C[C@@H](c3ccccc3Cl)n3ncnc3N2)cc1Cl. The van der Waals surface area contributed by atoms with Gasteiger partial charge in [0.05, 0.1) is 23.7 Å². The largest absolute Gasteiger partial charge is 0.492 e. The van der Waals surface area contributed by atoms with Crippen LogP contribution >= 0.6 is 23.2 Å². The summed E-state index contributed by atoms with van der Waals surface area (Å²) in [5.74, 6) is 1.41. The van der Waals surface area contributed by atoms with Gasteiger partial charge < -0.3 is 10.1 Å². The van der Waals surface area contributed by atoms with Crippen molar-refractivity contribution >= 4 is 29.2 Å². The number of benzene rings is 2. The summed E-state index contributed by atoms with van der Waals surface area (Å²) in [4.78, 5) is 4.35. The Morgan fingerprint density at radius 2 is 2.04 bits per heavy atom. The number of anilines is 1. The molecule has 5 nitrogen and oxygen atoms in total. The van der Waals surface area contributed by atoms with Gasteiger partial charge in [0.2, 0.25) is 5.95 Å². The Hall–Kier alpha value is -2.24. The van der Waals surface area contributed by atoms with Gasteiger partial charge >= 0.3 is 0 Å². The molecule has 26 heavy (non-hydrogen) atoms. The van der Waals surface area contributed by atoms with E-state index in [2.05, 4.69) is 15.4 Å². The lowest BCUT2D eigenvalue weighted by Gasteiger charge is -2.32. The molecule has 0 spiro atoms. The van der Waals surface area contributed by atoms with Gasteiger partial charge in [0, 0.05) is 5.02 Å². The molecule has 4 rings (SSSR count). The summed E-state index contributed by atoms with van der Waals surface area (Å²) in [6.07, 6.45) is 2.34. The van der Waals surface area contributed by atoms with E-state index in [4.69, 9.17) is 27.9 Å². The van der Waals surface area contributed by atoms with Gasteiger partial charge in [0.25, 0.3) is 0 Å². The molecule has 0 bridgehead atoms. The number of hydrogen-bond donors (Lipinski definition) is 1. The smallest absolute Gasteiger partial charge is 0.222 e. The number of ether oxygens (including phenoxy) is 1. The standard InChI is InChI=1S/C19H18Cl2N4O/c1-2-26-18-8-7-12(9-15(18)21)16-10-17(13-5-3-4-6-14(13)20)25-19(24-16)22-11-23-25/h3-9,11,16-17H,2,10H2,1H3,(H,22,23,24)/t16-,17-/m0/s1. The van der Waals surface area contributed by atoms with Crippen LogP contribution in [0.5, 0.6) is 5.75 Å². The molecule has 0 fully saturated rings. The number of aromatic nitrogens is 3. The molecule has 2 atom stereocenters. The zero-order chi connectivity index (χ0) is 18.1. The lowest BCUT2D eigenvalue weighted by Crippen LogP contribution is -2.28. The van der Waals surface area contributed by atoms with Crippen LogP contribution in [0.15, 0.2) is 48.8 Å². The molecule has 1 aliphatic heterocycles. The average molecular weight is 389 g/mol. The quantitative estimate of drug-likeness (QED) is 0.672. The molecule has 1 N–H and O–H groups in total. The highest BCUT2D eigenvalue weighted by molar-refractivity contribution is 6.32. The molecule has 134 valence electrons. The Kier molecular flexibility index (Phi) is 4.74. The van der Waals surface area contributed by atoms with Gasteiger partial charge in [-0.1, -0.05) is 47.5 Å². The van der Waals surface area contributed by atoms with Crippen LogP contribution in [0.2, 0.25) is 10.0 Å². The van der Waals surface area contributed by atoms with Crippen molar-refractivity contribution in [3.8, 4) is 5.75 Å². The molecule has 1 aliphatic rings. The van der Waals surface area contributed by atoms with Crippen molar-refractivity contribution in [2.45, 2.75) is 25.4 Å². The first-order chi connectivity index (χ1) is 12.7. The van der Waals surface area contributed by atoms with Crippen LogP contribution < -0.4 is 10.1 Å². The van der Waals surface area contributed by atoms with E-state index in [1.165, 1.54) is 0 Å². The minimum Gasteiger partial charge on any atom is -0.492 e. The molecule has 0 saturated carbocycles. The molecule has 0 amide bonds. The van der Waals surface area contributed by atoms with Crippen LogP contribution in [0.25, 0.3) is 0 Å². The Bertz CT molecular complexity index is 927. The summed E-state index contributed by atoms with van der Waals surface area (Å²) in [6, 6.07) is 13.8. The second-order valence-corrected chi connectivity index (χ2v) is 6.94. The van der Waals surface area contributed by atoms with Crippen LogP contribution in [0, 0.1) is 0 Å². The number of fused-ring (bicyclic) bond motifs is 1. The molecule has 2 aromatic carbocycles. The fourth-order valence-electron chi connectivity index (χ4n) is 3.35. The maximum absolute atomic E-state index is 6.45. The van der Waals surface area contributed by atoms with E-state index < -0.39 is 0 Å². The van der Waals surface area contributed by atoms with Gasteiger partial charge in [-0.25, -0.2) is 4.68 Å². The Morgan fingerprint density at radius 1 is 1.19 bits per heavy atom. The molecule has 0 aliphatic carbocycles. The number of nitrogens with zero attached hydrogens (tertiary/aromatic N) is 3. The monoisotopic (exact) mass is 388 g/mol. The predicted molar refractivity (Wildman–Crippen MR) is 103 cm³/mol. The van der Waals surface area contributed by atoms with E-state index in [0.717, 1.165) is 28.5 Å². The van der Waals surface area contributed by atoms with Gasteiger partial charge in [0.1, 0.15) is 12.1 Å². The van der Waals surface area contributed by atoms with Crippen molar-refractivity contribution in [3.05, 3.63) is 70.0 Å². The number of halogens is 2. The first kappa shape index (κ1) is 17.2.